The number of ether oxygens (including phenoxy) is 1. The Hall–Kier alpha value is -3.41. The highest BCUT2D eigenvalue weighted by Crippen LogP contribution is 2.39. The molecular weight excluding hydrogens is 326 g/mol. The van der Waals surface area contributed by atoms with Crippen molar-refractivity contribution < 1.29 is 4.74 Å². The summed E-state index contributed by atoms with van der Waals surface area (Å²) in [5.41, 5.74) is 5.37. The van der Waals surface area contributed by atoms with E-state index in [-0.39, 0.29) is 6.04 Å². The number of hydrogen-bond acceptors (Lipinski definition) is 5. The minimum absolute atomic E-state index is 0.137. The fourth-order valence-electron chi connectivity index (χ4n) is 3.63. The van der Waals surface area contributed by atoms with Gasteiger partial charge in [0.15, 0.2) is 0 Å². The maximum atomic E-state index is 5.38. The summed E-state index contributed by atoms with van der Waals surface area (Å²) in [6, 6.07) is 10.2. The van der Waals surface area contributed by atoms with Crippen LogP contribution in [0.15, 0.2) is 55.2 Å². The van der Waals surface area contributed by atoms with Crippen LogP contribution in [0.1, 0.15) is 17.2 Å². The van der Waals surface area contributed by atoms with Crippen molar-refractivity contribution in [2.75, 3.05) is 12.4 Å². The molecule has 2 N–H and O–H groups in total. The van der Waals surface area contributed by atoms with Crippen molar-refractivity contribution in [2.24, 2.45) is 0 Å². The molecule has 1 atom stereocenters. The van der Waals surface area contributed by atoms with E-state index in [1.54, 1.807) is 19.6 Å². The van der Waals surface area contributed by atoms with Crippen LogP contribution in [-0.4, -0.2) is 27.0 Å². The summed E-state index contributed by atoms with van der Waals surface area (Å²) in [6.07, 6.45) is 8.10. The summed E-state index contributed by atoms with van der Waals surface area (Å²) in [4.78, 5) is 16.5. The fourth-order valence-corrected chi connectivity index (χ4v) is 3.63. The Kier molecular flexibility index (Phi) is 3.35. The van der Waals surface area contributed by atoms with Crippen LogP contribution in [0.25, 0.3) is 22.2 Å². The number of anilines is 1. The van der Waals surface area contributed by atoms with Crippen LogP contribution in [-0.2, 0) is 6.42 Å². The second-order valence-corrected chi connectivity index (χ2v) is 6.35. The largest absolute Gasteiger partial charge is 0.497 e. The Morgan fingerprint density at radius 3 is 3.00 bits per heavy atom. The molecule has 1 unspecified atom stereocenters. The van der Waals surface area contributed by atoms with Crippen molar-refractivity contribution in [3.05, 3.63) is 66.4 Å². The van der Waals surface area contributed by atoms with Gasteiger partial charge in [0, 0.05) is 52.6 Å². The van der Waals surface area contributed by atoms with Crippen molar-refractivity contribution in [1.82, 2.24) is 19.9 Å². The predicted octanol–water partition coefficient (Wildman–Crippen LogP) is 3.74. The number of fused-ring (bicyclic) bond motifs is 2. The molecule has 1 aliphatic heterocycles. The third-order valence-electron chi connectivity index (χ3n) is 4.90. The molecule has 0 radical (unpaired) electrons. The fraction of sp³-hybridized carbons (Fsp3) is 0.150. The van der Waals surface area contributed by atoms with Gasteiger partial charge in [-0.1, -0.05) is 0 Å². The number of benzene rings is 1. The van der Waals surface area contributed by atoms with Crippen molar-refractivity contribution in [1.29, 1.82) is 0 Å². The zero-order valence-corrected chi connectivity index (χ0v) is 14.2. The predicted molar refractivity (Wildman–Crippen MR) is 100 cm³/mol. The van der Waals surface area contributed by atoms with E-state index < -0.39 is 0 Å². The number of hydrogen-bond donors (Lipinski definition) is 2. The highest BCUT2D eigenvalue weighted by Gasteiger charge is 2.28. The molecule has 1 aliphatic rings. The summed E-state index contributed by atoms with van der Waals surface area (Å²) in [6.45, 7) is 0. The minimum Gasteiger partial charge on any atom is -0.497 e. The summed E-state index contributed by atoms with van der Waals surface area (Å²) >= 11 is 0. The van der Waals surface area contributed by atoms with Gasteiger partial charge in [-0.15, -0.1) is 0 Å². The lowest BCUT2D eigenvalue weighted by Gasteiger charge is -2.10. The van der Waals surface area contributed by atoms with E-state index in [4.69, 9.17) is 4.74 Å². The first-order valence-corrected chi connectivity index (χ1v) is 8.49. The number of methoxy groups -OCH3 is 1. The molecule has 128 valence electrons. The van der Waals surface area contributed by atoms with E-state index in [2.05, 4.69) is 37.5 Å². The van der Waals surface area contributed by atoms with E-state index in [1.165, 1.54) is 5.56 Å². The molecule has 1 aromatic carbocycles. The summed E-state index contributed by atoms with van der Waals surface area (Å²) < 4.78 is 5.38. The van der Waals surface area contributed by atoms with E-state index >= 15 is 0 Å². The van der Waals surface area contributed by atoms with Crippen molar-refractivity contribution in [2.45, 2.75) is 12.5 Å². The van der Waals surface area contributed by atoms with Crippen molar-refractivity contribution in [3.8, 4) is 17.0 Å². The van der Waals surface area contributed by atoms with Gasteiger partial charge >= 0.3 is 0 Å². The van der Waals surface area contributed by atoms with Crippen LogP contribution < -0.4 is 10.1 Å². The van der Waals surface area contributed by atoms with Gasteiger partial charge in [-0.2, -0.15) is 0 Å². The van der Waals surface area contributed by atoms with Gasteiger partial charge in [0.25, 0.3) is 0 Å². The quantitative estimate of drug-likeness (QED) is 0.593. The molecule has 0 fully saturated rings. The molecule has 5 rings (SSSR count). The number of pyridine rings is 1. The smallest absolute Gasteiger partial charge is 0.133 e. The zero-order chi connectivity index (χ0) is 17.5. The van der Waals surface area contributed by atoms with Gasteiger partial charge in [-0.25, -0.2) is 9.97 Å². The van der Waals surface area contributed by atoms with Crippen molar-refractivity contribution >= 4 is 16.7 Å². The lowest BCUT2D eigenvalue weighted by Crippen LogP contribution is -2.05. The molecule has 26 heavy (non-hydrogen) atoms. The van der Waals surface area contributed by atoms with Crippen LogP contribution in [0.3, 0.4) is 0 Å². The first-order chi connectivity index (χ1) is 12.8. The first kappa shape index (κ1) is 14.9. The summed E-state index contributed by atoms with van der Waals surface area (Å²) in [5, 5.41) is 4.70. The van der Waals surface area contributed by atoms with Gasteiger partial charge in [0.05, 0.1) is 18.8 Å². The Morgan fingerprint density at radius 1 is 1.19 bits per heavy atom. The van der Waals surface area contributed by atoms with E-state index in [9.17, 15) is 0 Å². The number of aromatic amines is 1. The van der Waals surface area contributed by atoms with Gasteiger partial charge in [0.1, 0.15) is 17.9 Å². The minimum atomic E-state index is 0.137. The molecule has 4 aromatic rings. The lowest BCUT2D eigenvalue weighted by molar-refractivity contribution is 0.415. The van der Waals surface area contributed by atoms with Crippen LogP contribution in [0, 0.1) is 0 Å². The maximum Gasteiger partial charge on any atom is 0.133 e. The average molecular weight is 343 g/mol. The van der Waals surface area contributed by atoms with E-state index in [1.807, 2.05) is 30.5 Å². The Labute approximate surface area is 150 Å². The van der Waals surface area contributed by atoms with Gasteiger partial charge < -0.3 is 15.0 Å². The van der Waals surface area contributed by atoms with Crippen LogP contribution >= 0.6 is 0 Å². The number of rotatable bonds is 3. The molecule has 0 aliphatic carbocycles. The van der Waals surface area contributed by atoms with Crippen LogP contribution in [0.2, 0.25) is 0 Å². The second-order valence-electron chi connectivity index (χ2n) is 6.35. The van der Waals surface area contributed by atoms with E-state index in [0.717, 1.165) is 45.7 Å². The average Bonchev–Trinajstić information content (AvgIpc) is 3.31. The van der Waals surface area contributed by atoms with Crippen LogP contribution in [0.5, 0.6) is 5.75 Å². The molecule has 0 spiro atoms. The van der Waals surface area contributed by atoms with Gasteiger partial charge in [-0.3, -0.25) is 4.98 Å². The van der Waals surface area contributed by atoms with Gasteiger partial charge in [-0.05, 0) is 30.3 Å². The molecule has 6 heteroatoms. The standard InChI is InChI=1S/C20H17N5O/c1-26-13-4-5-17-14(7-13)16(10-22-17)18-8-15-19(12-3-2-6-21-9-12)23-11-24-20(15)25-18/h2-7,9-11,18,22H,8H2,1H3,(H,23,24,25). The second kappa shape index (κ2) is 5.84. The lowest BCUT2D eigenvalue weighted by atomic mass is 10.00. The molecule has 0 amide bonds. The maximum absolute atomic E-state index is 5.38. The van der Waals surface area contributed by atoms with Crippen molar-refractivity contribution in [3.63, 3.8) is 0 Å². The Bertz CT molecular complexity index is 1090. The third-order valence-corrected chi connectivity index (χ3v) is 4.90. The highest BCUT2D eigenvalue weighted by molar-refractivity contribution is 5.86. The Morgan fingerprint density at radius 2 is 2.15 bits per heavy atom. The monoisotopic (exact) mass is 343 g/mol. The number of H-pyrrole nitrogens is 1. The first-order valence-electron chi connectivity index (χ1n) is 8.49. The van der Waals surface area contributed by atoms with E-state index in [0.29, 0.717) is 0 Å². The Balaban J connectivity index is 1.56. The third kappa shape index (κ3) is 2.30. The number of nitrogens with zero attached hydrogens (tertiary/aromatic N) is 3. The normalized spacial score (nSPS) is 15.7. The SMILES string of the molecule is COc1ccc2[nH]cc(C3Cc4c(ncnc4-c4cccnc4)N3)c2c1. The van der Waals surface area contributed by atoms with Crippen LogP contribution in [0.4, 0.5) is 5.82 Å². The molecular formula is C20H17N5O. The summed E-state index contributed by atoms with van der Waals surface area (Å²) in [7, 11) is 1.69. The number of aromatic nitrogens is 4. The van der Waals surface area contributed by atoms with Gasteiger partial charge in [0.2, 0.25) is 0 Å². The molecule has 0 bridgehead atoms. The summed E-state index contributed by atoms with van der Waals surface area (Å²) in [5.74, 6) is 1.74. The topological polar surface area (TPSA) is 75.7 Å². The zero-order valence-electron chi connectivity index (χ0n) is 14.2. The number of nitrogens with one attached hydrogen (secondary N) is 2. The molecule has 0 saturated heterocycles. The molecule has 4 heterocycles. The molecule has 6 nitrogen and oxygen atoms in total. The molecule has 3 aromatic heterocycles. The molecule has 0 saturated carbocycles. The highest BCUT2D eigenvalue weighted by atomic mass is 16.5.